The van der Waals surface area contributed by atoms with Gasteiger partial charge in [-0.05, 0) is 18.6 Å². The van der Waals surface area contributed by atoms with Crippen LogP contribution in [-0.2, 0) is 17.0 Å². The molecule has 6 heteroatoms. The van der Waals surface area contributed by atoms with Crippen molar-refractivity contribution >= 4 is 29.1 Å². The summed E-state index contributed by atoms with van der Waals surface area (Å²) in [5.41, 5.74) is 1.95. The molecule has 2 rings (SSSR count). The highest BCUT2D eigenvalue weighted by Crippen LogP contribution is 2.29. The van der Waals surface area contributed by atoms with Crippen LogP contribution in [0.15, 0.2) is 28.9 Å². The van der Waals surface area contributed by atoms with E-state index in [0.717, 1.165) is 26.2 Å². The minimum atomic E-state index is -0.814. The molecular weight excluding hydrogens is 268 g/mol. The van der Waals surface area contributed by atoms with Crippen molar-refractivity contribution in [2.75, 3.05) is 0 Å². The molecule has 0 spiro atoms. The second-order valence-electron chi connectivity index (χ2n) is 3.71. The quantitative estimate of drug-likeness (QED) is 0.853. The first-order valence-electron chi connectivity index (χ1n) is 5.35. The van der Waals surface area contributed by atoms with Crippen LogP contribution < -0.4 is 0 Å². The Bertz CT molecular complexity index is 540. The van der Waals surface area contributed by atoms with Crippen molar-refractivity contribution in [1.29, 1.82) is 0 Å². The zero-order chi connectivity index (χ0) is 13.0. The number of aryl methyl sites for hydroxylation is 1. The Hall–Kier alpha value is -1.40. The average Bonchev–Trinajstić information content (AvgIpc) is 2.68. The van der Waals surface area contributed by atoms with Crippen LogP contribution in [0, 0.1) is 6.92 Å². The van der Waals surface area contributed by atoms with Gasteiger partial charge in [-0.25, -0.2) is 4.98 Å². The van der Waals surface area contributed by atoms with E-state index in [1.807, 2.05) is 25.3 Å². The van der Waals surface area contributed by atoms with Crippen LogP contribution in [0.4, 0.5) is 0 Å². The number of hydrogen-bond acceptors (Lipinski definition) is 5. The van der Waals surface area contributed by atoms with Gasteiger partial charge in [0.2, 0.25) is 0 Å². The Morgan fingerprint density at radius 1 is 1.56 bits per heavy atom. The number of carbonyl (C=O) groups is 1. The molecule has 0 aliphatic heterocycles. The SMILES string of the molecule is Cc1nc(SCc2cccnc2)sc1CC(=O)O. The number of carboxylic acids is 1. The minimum Gasteiger partial charge on any atom is -0.481 e. The van der Waals surface area contributed by atoms with E-state index in [1.54, 1.807) is 18.0 Å². The molecule has 2 aromatic heterocycles. The number of thioether (sulfide) groups is 1. The first kappa shape index (κ1) is 13.0. The molecule has 4 nitrogen and oxygen atoms in total. The van der Waals surface area contributed by atoms with Crippen LogP contribution in [0.2, 0.25) is 0 Å². The van der Waals surface area contributed by atoms with Crippen LogP contribution >= 0.6 is 23.1 Å². The van der Waals surface area contributed by atoms with Crippen LogP contribution in [0.5, 0.6) is 0 Å². The molecule has 0 aliphatic rings. The number of rotatable bonds is 5. The van der Waals surface area contributed by atoms with Crippen molar-refractivity contribution in [1.82, 2.24) is 9.97 Å². The van der Waals surface area contributed by atoms with Crippen molar-refractivity contribution in [2.24, 2.45) is 0 Å². The van der Waals surface area contributed by atoms with Gasteiger partial charge in [0.15, 0.2) is 4.34 Å². The third kappa shape index (κ3) is 3.54. The molecule has 0 aromatic carbocycles. The molecule has 0 atom stereocenters. The van der Waals surface area contributed by atoms with Gasteiger partial charge in [-0.15, -0.1) is 11.3 Å². The number of aliphatic carboxylic acids is 1. The van der Waals surface area contributed by atoms with Gasteiger partial charge in [-0.1, -0.05) is 17.8 Å². The Balaban J connectivity index is 2.00. The van der Waals surface area contributed by atoms with Crippen molar-refractivity contribution in [2.45, 2.75) is 23.4 Å². The van der Waals surface area contributed by atoms with E-state index < -0.39 is 5.97 Å². The second-order valence-corrected chi connectivity index (χ2v) is 6.01. The minimum absolute atomic E-state index is 0.0525. The fraction of sp³-hybridized carbons (Fsp3) is 0.250. The maximum atomic E-state index is 10.7. The largest absolute Gasteiger partial charge is 0.481 e. The number of hydrogen-bond donors (Lipinski definition) is 1. The second kappa shape index (κ2) is 5.97. The van der Waals surface area contributed by atoms with Crippen molar-refractivity contribution in [3.63, 3.8) is 0 Å². The normalized spacial score (nSPS) is 10.5. The number of aromatic nitrogens is 2. The molecule has 2 aromatic rings. The molecule has 18 heavy (non-hydrogen) atoms. The lowest BCUT2D eigenvalue weighted by Crippen LogP contribution is -1.99. The standard InChI is InChI=1S/C12H12N2O2S2/c1-8-10(5-11(15)16)18-12(14-8)17-7-9-3-2-4-13-6-9/h2-4,6H,5,7H2,1H3,(H,15,16). The fourth-order valence-electron chi connectivity index (χ4n) is 1.39. The molecule has 0 unspecified atom stereocenters. The lowest BCUT2D eigenvalue weighted by Gasteiger charge is -1.96. The highest BCUT2D eigenvalue weighted by molar-refractivity contribution is 8.00. The number of nitrogens with zero attached hydrogens (tertiary/aromatic N) is 2. The summed E-state index contributed by atoms with van der Waals surface area (Å²) in [5, 5.41) is 8.77. The predicted molar refractivity (Wildman–Crippen MR) is 72.0 cm³/mol. The highest BCUT2D eigenvalue weighted by atomic mass is 32.2. The molecule has 0 bridgehead atoms. The maximum Gasteiger partial charge on any atom is 0.308 e. The van der Waals surface area contributed by atoms with Crippen LogP contribution in [0.3, 0.4) is 0 Å². The maximum absolute atomic E-state index is 10.7. The van der Waals surface area contributed by atoms with E-state index >= 15 is 0 Å². The average molecular weight is 280 g/mol. The van der Waals surface area contributed by atoms with Crippen molar-refractivity contribution < 1.29 is 9.90 Å². The van der Waals surface area contributed by atoms with Crippen molar-refractivity contribution in [3.8, 4) is 0 Å². The summed E-state index contributed by atoms with van der Waals surface area (Å²) in [6.45, 7) is 1.85. The number of pyridine rings is 1. The Kier molecular flexibility index (Phi) is 4.33. The smallest absolute Gasteiger partial charge is 0.308 e. The number of carboxylic acid groups (broad SMARTS) is 1. The lowest BCUT2D eigenvalue weighted by atomic mass is 10.3. The summed E-state index contributed by atoms with van der Waals surface area (Å²) < 4.78 is 0.910. The topological polar surface area (TPSA) is 63.1 Å². The summed E-state index contributed by atoms with van der Waals surface area (Å²) in [4.78, 5) is 19.9. The van der Waals surface area contributed by atoms with Crippen LogP contribution in [0.25, 0.3) is 0 Å². The van der Waals surface area contributed by atoms with Gasteiger partial charge >= 0.3 is 5.97 Å². The molecule has 2 heterocycles. The van der Waals surface area contributed by atoms with E-state index in [2.05, 4.69) is 9.97 Å². The summed E-state index contributed by atoms with van der Waals surface area (Å²) in [6, 6.07) is 3.91. The van der Waals surface area contributed by atoms with Gasteiger partial charge in [0, 0.05) is 23.0 Å². The Morgan fingerprint density at radius 2 is 2.39 bits per heavy atom. The first-order valence-corrected chi connectivity index (χ1v) is 7.15. The summed E-state index contributed by atoms with van der Waals surface area (Å²) in [7, 11) is 0. The third-order valence-corrected chi connectivity index (χ3v) is 4.64. The van der Waals surface area contributed by atoms with Crippen LogP contribution in [0.1, 0.15) is 16.1 Å². The van der Waals surface area contributed by atoms with Gasteiger partial charge in [0.25, 0.3) is 0 Å². The molecule has 94 valence electrons. The summed E-state index contributed by atoms with van der Waals surface area (Å²) in [6.07, 6.45) is 3.62. The predicted octanol–water partition coefficient (Wildman–Crippen LogP) is 2.77. The van der Waals surface area contributed by atoms with Gasteiger partial charge < -0.3 is 5.11 Å². The molecular formula is C12H12N2O2S2. The number of thiazole rings is 1. The summed E-state index contributed by atoms with van der Waals surface area (Å²) in [5.74, 6) is -0.0154. The molecule has 0 amide bonds. The van der Waals surface area contributed by atoms with E-state index in [4.69, 9.17) is 5.11 Å². The van der Waals surface area contributed by atoms with Gasteiger partial charge in [0.1, 0.15) is 0 Å². The molecule has 0 radical (unpaired) electrons. The Labute approximate surface area is 113 Å². The van der Waals surface area contributed by atoms with Gasteiger partial charge in [-0.2, -0.15) is 0 Å². The van der Waals surface area contributed by atoms with Gasteiger partial charge in [0.05, 0.1) is 12.1 Å². The molecule has 0 aliphatic carbocycles. The molecule has 0 fully saturated rings. The molecule has 1 N–H and O–H groups in total. The van der Waals surface area contributed by atoms with Crippen LogP contribution in [-0.4, -0.2) is 21.0 Å². The molecule has 0 saturated heterocycles. The summed E-state index contributed by atoms with van der Waals surface area (Å²) >= 11 is 3.07. The van der Waals surface area contributed by atoms with E-state index in [9.17, 15) is 4.79 Å². The lowest BCUT2D eigenvalue weighted by molar-refractivity contribution is -0.136. The van der Waals surface area contributed by atoms with E-state index in [-0.39, 0.29) is 6.42 Å². The monoisotopic (exact) mass is 280 g/mol. The zero-order valence-electron chi connectivity index (χ0n) is 9.79. The van der Waals surface area contributed by atoms with E-state index in [0.29, 0.717) is 0 Å². The van der Waals surface area contributed by atoms with Crippen molar-refractivity contribution in [3.05, 3.63) is 40.7 Å². The van der Waals surface area contributed by atoms with E-state index in [1.165, 1.54) is 11.3 Å². The fourth-order valence-corrected chi connectivity index (χ4v) is 3.55. The first-order chi connectivity index (χ1) is 8.65. The zero-order valence-corrected chi connectivity index (χ0v) is 11.4. The highest BCUT2D eigenvalue weighted by Gasteiger charge is 2.11. The Morgan fingerprint density at radius 3 is 3.06 bits per heavy atom. The van der Waals surface area contributed by atoms with Gasteiger partial charge in [-0.3, -0.25) is 9.78 Å². The third-order valence-electron chi connectivity index (χ3n) is 2.27. The molecule has 0 saturated carbocycles.